The van der Waals surface area contributed by atoms with Crippen molar-refractivity contribution >= 4 is 34.9 Å². The first kappa shape index (κ1) is 20.6. The Bertz CT molecular complexity index is 1010. The number of nitrogens with one attached hydrogen (secondary N) is 1. The van der Waals surface area contributed by atoms with Crippen LogP contribution in [0.15, 0.2) is 24.4 Å². The molecule has 160 valence electrons. The maximum absolute atomic E-state index is 13.4. The maximum Gasteiger partial charge on any atom is 0.322 e. The van der Waals surface area contributed by atoms with Crippen LogP contribution in [0.5, 0.6) is 0 Å². The second-order valence-corrected chi connectivity index (χ2v) is 8.63. The molecular formula is C20H23ClFN5O3. The lowest BCUT2D eigenvalue weighted by Gasteiger charge is -2.39. The number of anilines is 2. The van der Waals surface area contributed by atoms with E-state index in [1.165, 1.54) is 18.2 Å². The van der Waals surface area contributed by atoms with Gasteiger partial charge in [0.25, 0.3) is 5.91 Å². The van der Waals surface area contributed by atoms with Gasteiger partial charge in [-0.1, -0.05) is 11.6 Å². The number of halogens is 2. The third-order valence-corrected chi connectivity index (χ3v) is 5.65. The van der Waals surface area contributed by atoms with Gasteiger partial charge in [-0.25, -0.2) is 9.18 Å². The lowest BCUT2D eigenvalue weighted by molar-refractivity contribution is -0.135. The number of hydrogen-bond acceptors (Lipinski definition) is 4. The first-order valence-electron chi connectivity index (χ1n) is 9.66. The van der Waals surface area contributed by atoms with Crippen LogP contribution in [-0.4, -0.2) is 51.4 Å². The summed E-state index contributed by atoms with van der Waals surface area (Å²) >= 11 is 5.81. The van der Waals surface area contributed by atoms with Crippen molar-refractivity contribution in [3.05, 3.63) is 40.9 Å². The molecule has 2 aliphatic heterocycles. The molecule has 0 aliphatic carbocycles. The van der Waals surface area contributed by atoms with Crippen molar-refractivity contribution in [2.45, 2.75) is 45.5 Å². The summed E-state index contributed by atoms with van der Waals surface area (Å²) in [6.45, 7) is 6.96. The zero-order chi connectivity index (χ0) is 21.6. The Hall–Kier alpha value is -2.65. The SMILES string of the molecule is CC1Cn2ncc(N3CC(C)(C)OCC3=O)c2CN1C(=O)Nc1ccc(F)c(Cl)c1. The van der Waals surface area contributed by atoms with Gasteiger partial charge in [-0.05, 0) is 39.0 Å². The predicted octanol–water partition coefficient (Wildman–Crippen LogP) is 3.25. The minimum Gasteiger partial charge on any atom is -0.364 e. The van der Waals surface area contributed by atoms with E-state index in [4.69, 9.17) is 16.3 Å². The number of morpholine rings is 1. The van der Waals surface area contributed by atoms with E-state index >= 15 is 0 Å². The third kappa shape index (κ3) is 3.87. The highest BCUT2D eigenvalue weighted by molar-refractivity contribution is 6.31. The zero-order valence-electron chi connectivity index (χ0n) is 17.0. The number of amides is 3. The van der Waals surface area contributed by atoms with Crippen molar-refractivity contribution < 1.29 is 18.7 Å². The van der Waals surface area contributed by atoms with Crippen LogP contribution in [0.4, 0.5) is 20.6 Å². The molecule has 8 nitrogen and oxygen atoms in total. The van der Waals surface area contributed by atoms with E-state index in [1.807, 2.05) is 25.5 Å². The Balaban J connectivity index is 1.56. The average Bonchev–Trinajstić information content (AvgIpc) is 3.08. The number of benzene rings is 1. The van der Waals surface area contributed by atoms with Crippen molar-refractivity contribution in [3.8, 4) is 0 Å². The molecular weight excluding hydrogens is 413 g/mol. The fourth-order valence-corrected chi connectivity index (χ4v) is 3.90. The smallest absolute Gasteiger partial charge is 0.322 e. The first-order valence-corrected chi connectivity index (χ1v) is 10.0. The summed E-state index contributed by atoms with van der Waals surface area (Å²) in [6, 6.07) is 3.57. The average molecular weight is 436 g/mol. The summed E-state index contributed by atoms with van der Waals surface area (Å²) < 4.78 is 20.8. The Labute approximate surface area is 178 Å². The standard InChI is InChI=1S/C20H23ClFN5O3/c1-12-8-27-17(16(7-23-27)26-11-20(2,3)30-10-18(26)28)9-25(12)19(29)24-13-4-5-15(22)14(21)6-13/h4-7,12H,8-11H2,1-3H3,(H,24,29). The highest BCUT2D eigenvalue weighted by Gasteiger charge is 2.37. The zero-order valence-corrected chi connectivity index (χ0v) is 17.7. The van der Waals surface area contributed by atoms with Crippen LogP contribution in [0.2, 0.25) is 5.02 Å². The van der Waals surface area contributed by atoms with Crippen LogP contribution in [0.25, 0.3) is 0 Å². The van der Waals surface area contributed by atoms with Crippen molar-refractivity contribution in [1.29, 1.82) is 0 Å². The van der Waals surface area contributed by atoms with Gasteiger partial charge in [0, 0.05) is 5.69 Å². The molecule has 1 atom stereocenters. The second-order valence-electron chi connectivity index (χ2n) is 8.22. The van der Waals surface area contributed by atoms with E-state index in [9.17, 15) is 14.0 Å². The van der Waals surface area contributed by atoms with Gasteiger partial charge in [-0.3, -0.25) is 9.48 Å². The van der Waals surface area contributed by atoms with Crippen LogP contribution in [0.3, 0.4) is 0 Å². The quantitative estimate of drug-likeness (QED) is 0.785. The number of hydrogen-bond donors (Lipinski definition) is 1. The Kier molecular flexibility index (Phi) is 5.19. The molecule has 0 radical (unpaired) electrons. The lowest BCUT2D eigenvalue weighted by Crippen LogP contribution is -2.52. The summed E-state index contributed by atoms with van der Waals surface area (Å²) in [6.07, 6.45) is 1.67. The van der Waals surface area contributed by atoms with Crippen molar-refractivity contribution in [2.75, 3.05) is 23.4 Å². The van der Waals surface area contributed by atoms with E-state index in [0.717, 1.165) is 5.69 Å². The predicted molar refractivity (Wildman–Crippen MR) is 110 cm³/mol. The fraction of sp³-hybridized carbons (Fsp3) is 0.450. The number of aromatic nitrogens is 2. The van der Waals surface area contributed by atoms with Crippen LogP contribution in [0.1, 0.15) is 26.5 Å². The number of carbonyl (C=O) groups is 2. The largest absolute Gasteiger partial charge is 0.364 e. The van der Waals surface area contributed by atoms with E-state index in [0.29, 0.717) is 24.5 Å². The summed E-state index contributed by atoms with van der Waals surface area (Å²) in [4.78, 5) is 28.7. The van der Waals surface area contributed by atoms with Crippen molar-refractivity contribution in [3.63, 3.8) is 0 Å². The van der Waals surface area contributed by atoms with Gasteiger partial charge in [-0.15, -0.1) is 0 Å². The van der Waals surface area contributed by atoms with Crippen molar-refractivity contribution in [2.24, 2.45) is 0 Å². The molecule has 4 rings (SSSR count). The van der Waals surface area contributed by atoms with Gasteiger partial charge >= 0.3 is 6.03 Å². The molecule has 30 heavy (non-hydrogen) atoms. The molecule has 3 heterocycles. The van der Waals surface area contributed by atoms with Crippen LogP contribution >= 0.6 is 11.6 Å². The normalized spacial score (nSPS) is 20.8. The second kappa shape index (κ2) is 7.55. The molecule has 0 bridgehead atoms. The Morgan fingerprint density at radius 1 is 1.40 bits per heavy atom. The first-order chi connectivity index (χ1) is 14.1. The number of ether oxygens (including phenoxy) is 1. The van der Waals surface area contributed by atoms with E-state index in [1.54, 1.807) is 16.0 Å². The van der Waals surface area contributed by atoms with E-state index in [-0.39, 0.29) is 36.2 Å². The van der Waals surface area contributed by atoms with Gasteiger partial charge in [0.15, 0.2) is 0 Å². The van der Waals surface area contributed by atoms with Gasteiger partial charge in [0.1, 0.15) is 12.4 Å². The number of urea groups is 1. The van der Waals surface area contributed by atoms with Crippen LogP contribution in [-0.2, 0) is 22.6 Å². The van der Waals surface area contributed by atoms with Crippen molar-refractivity contribution in [1.82, 2.24) is 14.7 Å². The highest BCUT2D eigenvalue weighted by Crippen LogP contribution is 2.31. The number of rotatable bonds is 2. The number of nitrogens with zero attached hydrogens (tertiary/aromatic N) is 4. The Morgan fingerprint density at radius 2 is 2.17 bits per heavy atom. The molecule has 10 heteroatoms. The molecule has 3 amide bonds. The van der Waals surface area contributed by atoms with E-state index < -0.39 is 11.4 Å². The molecule has 1 fully saturated rings. The topological polar surface area (TPSA) is 79.7 Å². The number of carbonyl (C=O) groups excluding carboxylic acids is 2. The lowest BCUT2D eigenvalue weighted by atomic mass is 10.1. The fourth-order valence-electron chi connectivity index (χ4n) is 3.72. The highest BCUT2D eigenvalue weighted by atomic mass is 35.5. The Morgan fingerprint density at radius 3 is 2.90 bits per heavy atom. The van der Waals surface area contributed by atoms with E-state index in [2.05, 4.69) is 10.4 Å². The summed E-state index contributed by atoms with van der Waals surface area (Å²) in [5.74, 6) is -0.687. The molecule has 1 unspecified atom stereocenters. The molecule has 1 N–H and O–H groups in total. The minimum absolute atomic E-state index is 0.00352. The van der Waals surface area contributed by atoms with Crippen LogP contribution < -0.4 is 10.2 Å². The minimum atomic E-state index is -0.548. The monoisotopic (exact) mass is 435 g/mol. The van der Waals surface area contributed by atoms with Gasteiger partial charge in [0.2, 0.25) is 0 Å². The molecule has 1 saturated heterocycles. The van der Waals surface area contributed by atoms with Gasteiger partial charge in [0.05, 0.1) is 53.9 Å². The number of fused-ring (bicyclic) bond motifs is 1. The maximum atomic E-state index is 13.4. The molecule has 2 aliphatic rings. The molecule has 1 aromatic carbocycles. The molecule has 0 saturated carbocycles. The molecule has 2 aromatic rings. The third-order valence-electron chi connectivity index (χ3n) is 5.36. The van der Waals surface area contributed by atoms with Gasteiger partial charge < -0.3 is 19.9 Å². The van der Waals surface area contributed by atoms with Crippen LogP contribution in [0, 0.1) is 5.82 Å². The summed E-state index contributed by atoms with van der Waals surface area (Å²) in [5.41, 5.74) is 1.41. The summed E-state index contributed by atoms with van der Waals surface area (Å²) in [5, 5.41) is 7.13. The summed E-state index contributed by atoms with van der Waals surface area (Å²) in [7, 11) is 0. The van der Waals surface area contributed by atoms with Gasteiger partial charge in [-0.2, -0.15) is 5.10 Å². The molecule has 1 aromatic heterocycles. The molecule has 0 spiro atoms.